The van der Waals surface area contributed by atoms with Crippen molar-refractivity contribution >= 4 is 29.1 Å². The van der Waals surface area contributed by atoms with Gasteiger partial charge in [-0.3, -0.25) is 14.5 Å². The number of furan rings is 1. The zero-order valence-electron chi connectivity index (χ0n) is 15.0. The Hall–Kier alpha value is -2.65. The number of carboxylic acids is 1. The molecular weight excluding hydrogens is 384 g/mol. The number of carboxylic acid groups (broad SMARTS) is 1. The van der Waals surface area contributed by atoms with E-state index in [4.69, 9.17) is 9.15 Å². The molecule has 2 aliphatic heterocycles. The first kappa shape index (κ1) is 18.7. The summed E-state index contributed by atoms with van der Waals surface area (Å²) in [5.74, 6) is -1.86. The first-order valence-corrected chi connectivity index (χ1v) is 9.90. The normalized spacial score (nSPS) is 21.2. The molecule has 2 fully saturated rings. The molecule has 0 saturated carbocycles. The predicted molar refractivity (Wildman–Crippen MR) is 96.2 cm³/mol. The van der Waals surface area contributed by atoms with E-state index in [2.05, 4.69) is 0 Å². The molecule has 4 heterocycles. The van der Waals surface area contributed by atoms with Crippen molar-refractivity contribution in [1.29, 1.82) is 0 Å². The van der Waals surface area contributed by atoms with Crippen LogP contribution < -0.4 is 5.11 Å². The second-order valence-electron chi connectivity index (χ2n) is 6.88. The molecule has 0 bridgehead atoms. The summed E-state index contributed by atoms with van der Waals surface area (Å²) in [5.41, 5.74) is -1.08. The number of ether oxygens (including phenoxy) is 1. The van der Waals surface area contributed by atoms with Gasteiger partial charge in [0, 0.05) is 30.8 Å². The number of hydrogen-bond donors (Lipinski definition) is 0. The lowest BCUT2D eigenvalue weighted by Gasteiger charge is -2.44. The third kappa shape index (κ3) is 3.31. The highest BCUT2D eigenvalue weighted by molar-refractivity contribution is 7.10. The van der Waals surface area contributed by atoms with Crippen LogP contribution in [-0.2, 0) is 20.7 Å². The summed E-state index contributed by atoms with van der Waals surface area (Å²) in [6.07, 6.45) is 2.36. The third-order valence-electron chi connectivity index (χ3n) is 5.29. The second kappa shape index (κ2) is 7.40. The van der Waals surface area contributed by atoms with Gasteiger partial charge in [0.25, 0.3) is 5.91 Å². The number of thiophene rings is 1. The number of rotatable bonds is 4. The molecule has 2 aromatic rings. The summed E-state index contributed by atoms with van der Waals surface area (Å²) in [6.45, 7) is 0.621. The maximum atomic E-state index is 12.9. The van der Waals surface area contributed by atoms with E-state index in [1.54, 1.807) is 11.0 Å². The Labute approximate surface area is 165 Å². The molecular formula is C19H19N2O6S-. The van der Waals surface area contributed by atoms with Crippen molar-refractivity contribution in [2.75, 3.05) is 19.7 Å². The Morgan fingerprint density at radius 2 is 2.00 bits per heavy atom. The zero-order valence-corrected chi connectivity index (χ0v) is 15.9. The van der Waals surface area contributed by atoms with Crippen molar-refractivity contribution in [3.8, 4) is 0 Å². The van der Waals surface area contributed by atoms with Crippen LogP contribution in [0.15, 0.2) is 40.3 Å². The van der Waals surface area contributed by atoms with Gasteiger partial charge < -0.3 is 24.0 Å². The fraction of sp³-hybridized carbons (Fsp3) is 0.421. The molecule has 148 valence electrons. The Kier molecular flexibility index (Phi) is 4.94. The van der Waals surface area contributed by atoms with Crippen molar-refractivity contribution in [3.05, 3.63) is 46.5 Å². The lowest BCUT2D eigenvalue weighted by atomic mass is 9.97. The van der Waals surface area contributed by atoms with E-state index in [0.717, 1.165) is 4.88 Å². The molecule has 0 radical (unpaired) electrons. The van der Waals surface area contributed by atoms with Gasteiger partial charge in [-0.2, -0.15) is 0 Å². The van der Waals surface area contributed by atoms with Crippen LogP contribution in [0, 0.1) is 0 Å². The highest BCUT2D eigenvalue weighted by Crippen LogP contribution is 2.38. The smallest absolute Gasteiger partial charge is 0.292 e. The molecule has 1 atom stereocenters. The summed E-state index contributed by atoms with van der Waals surface area (Å²) >= 11 is 1.53. The summed E-state index contributed by atoms with van der Waals surface area (Å²) in [5, 5.41) is 13.5. The van der Waals surface area contributed by atoms with E-state index in [0.29, 0.717) is 32.4 Å². The Morgan fingerprint density at radius 1 is 1.21 bits per heavy atom. The van der Waals surface area contributed by atoms with E-state index in [-0.39, 0.29) is 18.3 Å². The van der Waals surface area contributed by atoms with Crippen LogP contribution in [0.3, 0.4) is 0 Å². The average molecular weight is 403 g/mol. The lowest BCUT2D eigenvalue weighted by Crippen LogP contribution is -2.60. The van der Waals surface area contributed by atoms with Gasteiger partial charge in [-0.25, -0.2) is 0 Å². The van der Waals surface area contributed by atoms with Gasteiger partial charge in [-0.05, 0) is 23.6 Å². The SMILES string of the molecule is O=C([O-])[C@@H]1COC2(CCN(C(=O)Cc3cccs3)CC2)N1C(=O)c1ccco1. The molecule has 0 N–H and O–H groups in total. The lowest BCUT2D eigenvalue weighted by molar-refractivity contribution is -0.310. The Balaban J connectivity index is 1.50. The maximum Gasteiger partial charge on any atom is 0.292 e. The number of carbonyl (C=O) groups is 3. The number of aliphatic carboxylic acids is 1. The molecule has 2 aliphatic rings. The summed E-state index contributed by atoms with van der Waals surface area (Å²) in [6, 6.07) is 5.69. The Bertz CT molecular complexity index is 855. The minimum Gasteiger partial charge on any atom is -0.548 e. The van der Waals surface area contributed by atoms with Gasteiger partial charge in [0.2, 0.25) is 5.91 Å². The van der Waals surface area contributed by atoms with Crippen LogP contribution in [0.4, 0.5) is 0 Å². The topological polar surface area (TPSA) is 103 Å². The number of piperidine rings is 1. The molecule has 2 saturated heterocycles. The molecule has 8 nitrogen and oxygen atoms in total. The van der Waals surface area contributed by atoms with Gasteiger partial charge in [-0.1, -0.05) is 6.07 Å². The first-order valence-electron chi connectivity index (χ1n) is 9.02. The van der Waals surface area contributed by atoms with E-state index < -0.39 is 23.6 Å². The molecule has 28 heavy (non-hydrogen) atoms. The van der Waals surface area contributed by atoms with Crippen molar-refractivity contribution in [2.45, 2.75) is 31.0 Å². The second-order valence-corrected chi connectivity index (χ2v) is 7.91. The van der Waals surface area contributed by atoms with Gasteiger partial charge in [0.1, 0.15) is 5.72 Å². The number of carbonyl (C=O) groups excluding carboxylic acids is 3. The minimum absolute atomic E-state index is 0.00987. The largest absolute Gasteiger partial charge is 0.548 e. The predicted octanol–water partition coefficient (Wildman–Crippen LogP) is 0.493. The zero-order chi connectivity index (χ0) is 19.7. The average Bonchev–Trinajstić information content (AvgIpc) is 3.43. The summed E-state index contributed by atoms with van der Waals surface area (Å²) < 4.78 is 11.0. The molecule has 9 heteroatoms. The van der Waals surface area contributed by atoms with Crippen LogP contribution in [0.1, 0.15) is 28.3 Å². The van der Waals surface area contributed by atoms with Crippen molar-refractivity contribution in [3.63, 3.8) is 0 Å². The number of amides is 2. The molecule has 0 unspecified atom stereocenters. The van der Waals surface area contributed by atoms with Crippen LogP contribution in [0.25, 0.3) is 0 Å². The fourth-order valence-electron chi connectivity index (χ4n) is 3.85. The quantitative estimate of drug-likeness (QED) is 0.736. The standard InChI is InChI=1S/C19H20N2O6S/c22-16(11-13-3-2-10-28-13)20-7-5-19(6-8-20)21(14(12-27-19)18(24)25)17(23)15-4-1-9-26-15/h1-4,9-10,14H,5-8,11-12H2,(H,24,25)/p-1/t14-/m0/s1. The molecule has 1 spiro atoms. The summed E-state index contributed by atoms with van der Waals surface area (Å²) in [4.78, 5) is 41.0. The van der Waals surface area contributed by atoms with Crippen molar-refractivity contribution in [2.24, 2.45) is 0 Å². The Morgan fingerprint density at radius 3 is 2.61 bits per heavy atom. The van der Waals surface area contributed by atoms with E-state index in [9.17, 15) is 19.5 Å². The minimum atomic E-state index is -1.37. The van der Waals surface area contributed by atoms with E-state index >= 15 is 0 Å². The van der Waals surface area contributed by atoms with Gasteiger partial charge >= 0.3 is 0 Å². The van der Waals surface area contributed by atoms with Crippen LogP contribution >= 0.6 is 11.3 Å². The monoisotopic (exact) mass is 403 g/mol. The molecule has 2 amide bonds. The number of hydrogen-bond acceptors (Lipinski definition) is 7. The van der Waals surface area contributed by atoms with Gasteiger partial charge in [0.15, 0.2) is 5.76 Å². The van der Waals surface area contributed by atoms with E-state index in [1.165, 1.54) is 28.6 Å². The summed E-state index contributed by atoms with van der Waals surface area (Å²) in [7, 11) is 0. The van der Waals surface area contributed by atoms with Crippen LogP contribution in [0.2, 0.25) is 0 Å². The number of nitrogens with zero attached hydrogens (tertiary/aromatic N) is 2. The third-order valence-corrected chi connectivity index (χ3v) is 6.16. The molecule has 2 aromatic heterocycles. The van der Waals surface area contributed by atoms with E-state index in [1.807, 2.05) is 17.5 Å². The molecule has 4 rings (SSSR count). The first-order chi connectivity index (χ1) is 13.5. The fourth-order valence-corrected chi connectivity index (χ4v) is 4.54. The highest BCUT2D eigenvalue weighted by Gasteiger charge is 2.53. The van der Waals surface area contributed by atoms with Gasteiger partial charge in [-0.15, -0.1) is 11.3 Å². The van der Waals surface area contributed by atoms with Gasteiger partial charge in [0.05, 0.1) is 31.3 Å². The van der Waals surface area contributed by atoms with Crippen LogP contribution in [-0.4, -0.2) is 59.0 Å². The maximum absolute atomic E-state index is 12.9. The molecule has 0 aromatic carbocycles. The van der Waals surface area contributed by atoms with Crippen LogP contribution in [0.5, 0.6) is 0 Å². The number of likely N-dealkylation sites (tertiary alicyclic amines) is 1. The highest BCUT2D eigenvalue weighted by atomic mass is 32.1. The van der Waals surface area contributed by atoms with Crippen molar-refractivity contribution < 1.29 is 28.6 Å². The molecule has 0 aliphatic carbocycles. The van der Waals surface area contributed by atoms with Crippen molar-refractivity contribution in [1.82, 2.24) is 9.80 Å².